The van der Waals surface area contributed by atoms with Crippen molar-refractivity contribution >= 4 is 28.8 Å². The topological polar surface area (TPSA) is 44.5 Å². The van der Waals surface area contributed by atoms with Crippen molar-refractivity contribution in [1.82, 2.24) is 0 Å². The lowest BCUT2D eigenvalue weighted by molar-refractivity contribution is 0.0315. The van der Waals surface area contributed by atoms with Gasteiger partial charge in [0.25, 0.3) is 0 Å². The number of hydrogen-bond donors (Lipinski definition) is 1. The highest BCUT2D eigenvalue weighted by Crippen LogP contribution is 2.18. The molecule has 0 saturated heterocycles. The van der Waals surface area contributed by atoms with E-state index in [0.717, 1.165) is 17.7 Å². The molecule has 1 rings (SSSR count). The van der Waals surface area contributed by atoms with E-state index in [1.54, 1.807) is 6.07 Å². The van der Waals surface area contributed by atoms with Crippen LogP contribution >= 0.6 is 23.8 Å². The molecule has 0 aliphatic rings. The first-order chi connectivity index (χ1) is 9.00. The molecule has 0 bridgehead atoms. The van der Waals surface area contributed by atoms with Gasteiger partial charge in [0, 0.05) is 17.2 Å². The highest BCUT2D eigenvalue weighted by atomic mass is 35.5. The molecule has 0 amide bonds. The largest absolute Gasteiger partial charge is 0.389 e. The summed E-state index contributed by atoms with van der Waals surface area (Å²) >= 11 is 11.0. The molecule has 0 radical (unpaired) electrons. The summed E-state index contributed by atoms with van der Waals surface area (Å²) in [6.45, 7) is 6.60. The molecule has 0 fully saturated rings. The lowest BCUT2D eigenvalue weighted by atomic mass is 10.1. The molecule has 0 spiro atoms. The summed E-state index contributed by atoms with van der Waals surface area (Å²) in [6, 6.07) is 5.49. The first kappa shape index (κ1) is 16.4. The van der Waals surface area contributed by atoms with Gasteiger partial charge in [0.1, 0.15) is 4.99 Å². The number of hydrogen-bond acceptors (Lipinski definition) is 3. The number of thiocarbonyl (C=S) groups is 1. The number of ether oxygens (including phenoxy) is 2. The Kier molecular flexibility index (Phi) is 7.31. The van der Waals surface area contributed by atoms with Crippen LogP contribution in [0, 0.1) is 5.92 Å². The fraction of sp³-hybridized carbons (Fsp3) is 0.500. The Labute approximate surface area is 125 Å². The maximum Gasteiger partial charge on any atom is 0.104 e. The monoisotopic (exact) mass is 301 g/mol. The first-order valence-corrected chi connectivity index (χ1v) is 7.03. The molecule has 0 atom stereocenters. The summed E-state index contributed by atoms with van der Waals surface area (Å²) in [5.74, 6) is 0.544. The third-order valence-electron chi connectivity index (χ3n) is 2.42. The highest BCUT2D eigenvalue weighted by Gasteiger charge is 2.04. The van der Waals surface area contributed by atoms with Gasteiger partial charge in [-0.2, -0.15) is 0 Å². The molecular weight excluding hydrogens is 282 g/mol. The molecule has 2 N–H and O–H groups in total. The van der Waals surface area contributed by atoms with Gasteiger partial charge in [0.15, 0.2) is 0 Å². The van der Waals surface area contributed by atoms with Gasteiger partial charge < -0.3 is 15.2 Å². The lowest BCUT2D eigenvalue weighted by Crippen LogP contribution is -2.10. The van der Waals surface area contributed by atoms with Crippen molar-refractivity contribution in [3.05, 3.63) is 34.3 Å². The predicted molar refractivity (Wildman–Crippen MR) is 82.7 cm³/mol. The average Bonchev–Trinajstić information content (AvgIpc) is 2.34. The molecule has 106 valence electrons. The van der Waals surface area contributed by atoms with Crippen molar-refractivity contribution < 1.29 is 9.47 Å². The zero-order chi connectivity index (χ0) is 14.3. The summed E-state index contributed by atoms with van der Waals surface area (Å²) in [5.41, 5.74) is 7.23. The highest BCUT2D eigenvalue weighted by molar-refractivity contribution is 7.80. The van der Waals surface area contributed by atoms with Crippen molar-refractivity contribution in [2.24, 2.45) is 11.7 Å². The van der Waals surface area contributed by atoms with E-state index in [4.69, 9.17) is 39.0 Å². The van der Waals surface area contributed by atoms with Gasteiger partial charge in [-0.25, -0.2) is 0 Å². The minimum atomic E-state index is 0.344. The molecule has 19 heavy (non-hydrogen) atoms. The van der Waals surface area contributed by atoms with Gasteiger partial charge in [0.2, 0.25) is 0 Å². The van der Waals surface area contributed by atoms with Crippen LogP contribution in [0.2, 0.25) is 5.02 Å². The van der Waals surface area contributed by atoms with Gasteiger partial charge in [-0.05, 0) is 17.5 Å². The molecule has 0 aromatic heterocycles. The molecular formula is C14H20ClNO2S. The van der Waals surface area contributed by atoms with Crippen molar-refractivity contribution in [2.75, 3.05) is 19.8 Å². The number of benzene rings is 1. The Hall–Kier alpha value is -0.680. The molecule has 0 aliphatic heterocycles. The Morgan fingerprint density at radius 3 is 2.58 bits per heavy atom. The van der Waals surface area contributed by atoms with Gasteiger partial charge in [-0.1, -0.05) is 49.8 Å². The van der Waals surface area contributed by atoms with Crippen LogP contribution in [0.4, 0.5) is 0 Å². The van der Waals surface area contributed by atoms with E-state index in [0.29, 0.717) is 35.7 Å². The second-order valence-electron chi connectivity index (χ2n) is 4.69. The third kappa shape index (κ3) is 6.34. The fourth-order valence-corrected chi connectivity index (χ4v) is 1.80. The van der Waals surface area contributed by atoms with E-state index in [9.17, 15) is 0 Å². The zero-order valence-corrected chi connectivity index (χ0v) is 12.9. The maximum absolute atomic E-state index is 6.13. The molecule has 5 heteroatoms. The molecule has 0 heterocycles. The van der Waals surface area contributed by atoms with Crippen LogP contribution in [0.5, 0.6) is 0 Å². The zero-order valence-electron chi connectivity index (χ0n) is 11.3. The van der Waals surface area contributed by atoms with Gasteiger partial charge in [-0.3, -0.25) is 0 Å². The summed E-state index contributed by atoms with van der Waals surface area (Å²) in [7, 11) is 0. The minimum absolute atomic E-state index is 0.344. The quantitative estimate of drug-likeness (QED) is 0.592. The minimum Gasteiger partial charge on any atom is -0.389 e. The maximum atomic E-state index is 6.13. The SMILES string of the molecule is CC(C)COCCOCc1ccc(C(N)=S)cc1Cl. The van der Waals surface area contributed by atoms with E-state index in [2.05, 4.69) is 13.8 Å². The van der Waals surface area contributed by atoms with Crippen LogP contribution in [0.15, 0.2) is 18.2 Å². The van der Waals surface area contributed by atoms with Gasteiger partial charge in [0.05, 0.1) is 19.8 Å². The molecule has 3 nitrogen and oxygen atoms in total. The molecule has 1 aromatic rings. The van der Waals surface area contributed by atoms with Crippen molar-refractivity contribution in [1.29, 1.82) is 0 Å². The Balaban J connectivity index is 2.32. The van der Waals surface area contributed by atoms with Crippen LogP contribution in [-0.4, -0.2) is 24.8 Å². The fourth-order valence-electron chi connectivity index (χ4n) is 1.44. The summed E-state index contributed by atoms with van der Waals surface area (Å²) < 4.78 is 10.9. The Bertz CT molecular complexity index is 424. The second-order valence-corrected chi connectivity index (χ2v) is 5.54. The van der Waals surface area contributed by atoms with Crippen LogP contribution in [0.1, 0.15) is 25.0 Å². The van der Waals surface area contributed by atoms with Crippen molar-refractivity contribution in [2.45, 2.75) is 20.5 Å². The van der Waals surface area contributed by atoms with Crippen LogP contribution in [-0.2, 0) is 16.1 Å². The van der Waals surface area contributed by atoms with Gasteiger partial charge >= 0.3 is 0 Å². The standard InChI is InChI=1S/C14H20ClNO2S/c1-10(2)8-17-5-6-18-9-12-4-3-11(14(16)19)7-13(12)15/h3-4,7,10H,5-6,8-9H2,1-2H3,(H2,16,19). The van der Waals surface area contributed by atoms with E-state index < -0.39 is 0 Å². The second kappa shape index (κ2) is 8.48. The smallest absolute Gasteiger partial charge is 0.104 e. The Morgan fingerprint density at radius 1 is 1.32 bits per heavy atom. The van der Waals surface area contributed by atoms with Crippen molar-refractivity contribution in [3.63, 3.8) is 0 Å². The Morgan fingerprint density at radius 2 is 2.00 bits per heavy atom. The van der Waals surface area contributed by atoms with Gasteiger partial charge in [-0.15, -0.1) is 0 Å². The molecule has 0 unspecified atom stereocenters. The van der Waals surface area contributed by atoms with Crippen LogP contribution in [0.3, 0.4) is 0 Å². The van der Waals surface area contributed by atoms with Crippen LogP contribution in [0.25, 0.3) is 0 Å². The summed E-state index contributed by atoms with van der Waals surface area (Å²) in [5, 5.41) is 0.619. The number of nitrogens with two attached hydrogens (primary N) is 1. The van der Waals surface area contributed by atoms with E-state index in [1.807, 2.05) is 12.1 Å². The summed E-state index contributed by atoms with van der Waals surface area (Å²) in [4.78, 5) is 0.344. The lowest BCUT2D eigenvalue weighted by Gasteiger charge is -2.09. The third-order valence-corrected chi connectivity index (χ3v) is 3.01. The number of halogens is 1. The molecule has 1 aromatic carbocycles. The summed E-state index contributed by atoms with van der Waals surface area (Å²) in [6.07, 6.45) is 0. The number of rotatable bonds is 8. The average molecular weight is 302 g/mol. The normalized spacial score (nSPS) is 10.9. The van der Waals surface area contributed by atoms with E-state index in [-0.39, 0.29) is 0 Å². The van der Waals surface area contributed by atoms with Crippen molar-refractivity contribution in [3.8, 4) is 0 Å². The van der Waals surface area contributed by atoms with E-state index >= 15 is 0 Å². The first-order valence-electron chi connectivity index (χ1n) is 6.24. The van der Waals surface area contributed by atoms with Crippen LogP contribution < -0.4 is 5.73 Å². The molecule has 0 saturated carbocycles. The van der Waals surface area contributed by atoms with E-state index in [1.165, 1.54) is 0 Å². The molecule has 0 aliphatic carbocycles. The predicted octanol–water partition coefficient (Wildman–Crippen LogP) is 3.16.